The Morgan fingerprint density at radius 1 is 1.38 bits per heavy atom. The van der Waals surface area contributed by atoms with Gasteiger partial charge >= 0.3 is 0 Å². The van der Waals surface area contributed by atoms with Gasteiger partial charge < -0.3 is 9.84 Å². The summed E-state index contributed by atoms with van der Waals surface area (Å²) in [6.07, 6.45) is 3.18. The molecule has 16 heavy (non-hydrogen) atoms. The molecule has 0 aliphatic carbocycles. The Balaban J connectivity index is 2.61. The summed E-state index contributed by atoms with van der Waals surface area (Å²) >= 11 is 5.93. The molecule has 1 aromatic rings. The summed E-state index contributed by atoms with van der Waals surface area (Å²) in [6, 6.07) is 5.58. The molecule has 2 nitrogen and oxygen atoms in total. The molecule has 90 valence electrons. The molecule has 3 heteroatoms. The highest BCUT2D eigenvalue weighted by Gasteiger charge is 2.07. The quantitative estimate of drug-likeness (QED) is 0.828. The second-order valence-corrected chi connectivity index (χ2v) is 4.37. The number of hydrogen-bond acceptors (Lipinski definition) is 2. The average molecular weight is 243 g/mol. The van der Waals surface area contributed by atoms with Crippen LogP contribution >= 0.6 is 11.6 Å². The normalized spacial score (nSPS) is 12.5. The number of hydrogen-bond donors (Lipinski definition) is 1. The van der Waals surface area contributed by atoms with E-state index in [1.807, 2.05) is 18.2 Å². The molecule has 1 atom stereocenters. The van der Waals surface area contributed by atoms with Crippen LogP contribution in [0.5, 0.6) is 5.75 Å². The van der Waals surface area contributed by atoms with Crippen molar-refractivity contribution in [3.63, 3.8) is 0 Å². The summed E-state index contributed by atoms with van der Waals surface area (Å²) in [5.74, 6) is 0.841. The zero-order valence-electron chi connectivity index (χ0n) is 9.87. The molecule has 1 unspecified atom stereocenters. The summed E-state index contributed by atoms with van der Waals surface area (Å²) in [4.78, 5) is 0. The molecule has 1 rings (SSSR count). The predicted molar refractivity (Wildman–Crippen MR) is 67.2 cm³/mol. The molecular formula is C13H19ClO2. The van der Waals surface area contributed by atoms with Crippen LogP contribution in [0.15, 0.2) is 18.2 Å². The standard InChI is InChI=1S/C13H19ClO2/c1-3-4-12(15)7-5-10-9-11(14)6-8-13(10)16-2/h6,8-9,12,15H,3-5,7H2,1-2H3. The number of benzene rings is 1. The first-order valence-electron chi connectivity index (χ1n) is 5.67. The zero-order valence-corrected chi connectivity index (χ0v) is 10.6. The molecule has 1 N–H and O–H groups in total. The van der Waals surface area contributed by atoms with Crippen molar-refractivity contribution in [2.24, 2.45) is 0 Å². The lowest BCUT2D eigenvalue weighted by Crippen LogP contribution is -2.07. The summed E-state index contributed by atoms with van der Waals surface area (Å²) in [5.41, 5.74) is 1.06. The van der Waals surface area contributed by atoms with E-state index in [-0.39, 0.29) is 6.10 Å². The van der Waals surface area contributed by atoms with Gasteiger partial charge in [-0.3, -0.25) is 0 Å². The summed E-state index contributed by atoms with van der Waals surface area (Å²) < 4.78 is 5.25. The molecule has 0 heterocycles. The number of aliphatic hydroxyl groups excluding tert-OH is 1. The zero-order chi connectivity index (χ0) is 12.0. The van der Waals surface area contributed by atoms with Crippen molar-refractivity contribution >= 4 is 11.6 Å². The average Bonchev–Trinajstić information content (AvgIpc) is 2.27. The maximum Gasteiger partial charge on any atom is 0.122 e. The van der Waals surface area contributed by atoms with E-state index in [0.717, 1.165) is 37.0 Å². The van der Waals surface area contributed by atoms with Gasteiger partial charge in [0.05, 0.1) is 13.2 Å². The van der Waals surface area contributed by atoms with Crippen LogP contribution in [0.1, 0.15) is 31.7 Å². The molecule has 0 amide bonds. The molecule has 0 fully saturated rings. The van der Waals surface area contributed by atoms with Crippen LogP contribution in [0.25, 0.3) is 0 Å². The molecule has 0 aliphatic rings. The third kappa shape index (κ3) is 4.03. The van der Waals surface area contributed by atoms with Crippen LogP contribution in [0.4, 0.5) is 0 Å². The lowest BCUT2D eigenvalue weighted by molar-refractivity contribution is 0.153. The van der Waals surface area contributed by atoms with Crippen LogP contribution in [0.2, 0.25) is 5.02 Å². The number of halogens is 1. The Morgan fingerprint density at radius 2 is 2.12 bits per heavy atom. The molecule has 0 aromatic heterocycles. The van der Waals surface area contributed by atoms with Crippen molar-refractivity contribution in [3.05, 3.63) is 28.8 Å². The molecule has 0 aliphatic heterocycles. The van der Waals surface area contributed by atoms with Gasteiger partial charge in [-0.15, -0.1) is 0 Å². The van der Waals surface area contributed by atoms with Crippen molar-refractivity contribution < 1.29 is 9.84 Å². The van der Waals surface area contributed by atoms with Gasteiger partial charge in [-0.05, 0) is 43.0 Å². The van der Waals surface area contributed by atoms with Crippen molar-refractivity contribution in [1.29, 1.82) is 0 Å². The highest BCUT2D eigenvalue weighted by molar-refractivity contribution is 6.30. The highest BCUT2D eigenvalue weighted by Crippen LogP contribution is 2.24. The molecule has 0 radical (unpaired) electrons. The van der Waals surface area contributed by atoms with Gasteiger partial charge in [-0.2, -0.15) is 0 Å². The van der Waals surface area contributed by atoms with Crippen molar-refractivity contribution in [2.75, 3.05) is 7.11 Å². The number of aryl methyl sites for hydroxylation is 1. The minimum atomic E-state index is -0.228. The third-order valence-corrected chi connectivity index (χ3v) is 2.85. The van der Waals surface area contributed by atoms with E-state index < -0.39 is 0 Å². The SMILES string of the molecule is CCCC(O)CCc1cc(Cl)ccc1OC. The van der Waals surface area contributed by atoms with E-state index in [0.29, 0.717) is 5.02 Å². The lowest BCUT2D eigenvalue weighted by Gasteiger charge is -2.12. The molecule has 0 saturated heterocycles. The van der Waals surface area contributed by atoms with Crippen LogP contribution in [-0.2, 0) is 6.42 Å². The Labute approximate surface area is 102 Å². The summed E-state index contributed by atoms with van der Waals surface area (Å²) in [7, 11) is 1.65. The minimum Gasteiger partial charge on any atom is -0.496 e. The Kier molecular flexibility index (Phi) is 5.64. The Hall–Kier alpha value is -0.730. The van der Waals surface area contributed by atoms with E-state index in [9.17, 15) is 5.11 Å². The maximum atomic E-state index is 9.67. The number of aliphatic hydroxyl groups is 1. The lowest BCUT2D eigenvalue weighted by atomic mass is 10.0. The van der Waals surface area contributed by atoms with Crippen molar-refractivity contribution in [3.8, 4) is 5.75 Å². The smallest absolute Gasteiger partial charge is 0.122 e. The van der Waals surface area contributed by atoms with Crippen LogP contribution in [0.3, 0.4) is 0 Å². The van der Waals surface area contributed by atoms with Gasteiger partial charge in [0.2, 0.25) is 0 Å². The first kappa shape index (κ1) is 13.3. The topological polar surface area (TPSA) is 29.5 Å². The number of ether oxygens (including phenoxy) is 1. The van der Waals surface area contributed by atoms with E-state index in [1.165, 1.54) is 0 Å². The minimum absolute atomic E-state index is 0.228. The highest BCUT2D eigenvalue weighted by atomic mass is 35.5. The fourth-order valence-corrected chi connectivity index (χ4v) is 1.94. The fraction of sp³-hybridized carbons (Fsp3) is 0.538. The first-order chi connectivity index (χ1) is 7.67. The van der Waals surface area contributed by atoms with Crippen LogP contribution < -0.4 is 4.74 Å². The predicted octanol–water partition coefficient (Wildman–Crippen LogP) is 3.44. The van der Waals surface area contributed by atoms with Gasteiger partial charge in [0, 0.05) is 5.02 Å². The van der Waals surface area contributed by atoms with Gasteiger partial charge in [-0.1, -0.05) is 24.9 Å². The maximum absolute atomic E-state index is 9.67. The van der Waals surface area contributed by atoms with E-state index in [1.54, 1.807) is 7.11 Å². The number of rotatable bonds is 6. The summed E-state index contributed by atoms with van der Waals surface area (Å²) in [5, 5.41) is 10.4. The van der Waals surface area contributed by atoms with E-state index in [2.05, 4.69) is 6.92 Å². The number of methoxy groups -OCH3 is 1. The second kappa shape index (κ2) is 6.77. The Morgan fingerprint density at radius 3 is 2.75 bits per heavy atom. The molecule has 0 bridgehead atoms. The van der Waals surface area contributed by atoms with E-state index in [4.69, 9.17) is 16.3 Å². The molecular weight excluding hydrogens is 224 g/mol. The summed E-state index contributed by atoms with van der Waals surface area (Å²) in [6.45, 7) is 2.07. The molecule has 1 aromatic carbocycles. The third-order valence-electron chi connectivity index (χ3n) is 2.61. The van der Waals surface area contributed by atoms with Gasteiger partial charge in [-0.25, -0.2) is 0 Å². The monoisotopic (exact) mass is 242 g/mol. The van der Waals surface area contributed by atoms with Crippen molar-refractivity contribution in [2.45, 2.75) is 38.7 Å². The molecule has 0 spiro atoms. The van der Waals surface area contributed by atoms with Gasteiger partial charge in [0.15, 0.2) is 0 Å². The van der Waals surface area contributed by atoms with Gasteiger partial charge in [0.1, 0.15) is 5.75 Å². The van der Waals surface area contributed by atoms with Gasteiger partial charge in [0.25, 0.3) is 0 Å². The molecule has 0 saturated carbocycles. The fourth-order valence-electron chi connectivity index (χ4n) is 1.74. The van der Waals surface area contributed by atoms with Crippen LogP contribution in [-0.4, -0.2) is 18.3 Å². The first-order valence-corrected chi connectivity index (χ1v) is 6.05. The van der Waals surface area contributed by atoms with Crippen molar-refractivity contribution in [1.82, 2.24) is 0 Å². The van der Waals surface area contributed by atoms with Crippen LogP contribution in [0, 0.1) is 0 Å². The second-order valence-electron chi connectivity index (χ2n) is 3.94. The largest absolute Gasteiger partial charge is 0.496 e. The van der Waals surface area contributed by atoms with E-state index >= 15 is 0 Å². The Bertz CT molecular complexity index is 326.